The van der Waals surface area contributed by atoms with Gasteiger partial charge in [0.15, 0.2) is 0 Å². The molecule has 0 aromatic carbocycles. The molecule has 1 aromatic rings. The molecule has 3 rings (SSSR count). The summed E-state index contributed by atoms with van der Waals surface area (Å²) in [4.78, 5) is 18.5. The summed E-state index contributed by atoms with van der Waals surface area (Å²) >= 11 is 0. The number of carbonyl (C=O) groups excluding carboxylic acids is 1. The van der Waals surface area contributed by atoms with Crippen LogP contribution < -0.4 is 4.72 Å². The van der Waals surface area contributed by atoms with Crippen molar-refractivity contribution in [3.63, 3.8) is 0 Å². The van der Waals surface area contributed by atoms with Crippen LogP contribution in [0.1, 0.15) is 24.4 Å². The molecule has 2 aliphatic heterocycles. The number of nitrogens with zero attached hydrogens (tertiary/aromatic N) is 3. The molecule has 22 heavy (non-hydrogen) atoms. The average molecular weight is 328 g/mol. The largest absolute Gasteiger partial charge is 0.368 e. The molecular weight excluding hydrogens is 308 g/mol. The second-order valence-electron chi connectivity index (χ2n) is 5.70. The predicted octanol–water partition coefficient (Wildman–Crippen LogP) is -0.546. The highest BCUT2D eigenvalue weighted by Crippen LogP contribution is 2.19. The fourth-order valence-electron chi connectivity index (χ4n) is 2.77. The lowest BCUT2D eigenvalue weighted by Crippen LogP contribution is -2.43. The smallest absolute Gasteiger partial charge is 0.252 e. The number of amides is 1. The van der Waals surface area contributed by atoms with Crippen LogP contribution in [0.15, 0.2) is 6.20 Å². The zero-order valence-corrected chi connectivity index (χ0v) is 13.3. The van der Waals surface area contributed by atoms with Crippen molar-refractivity contribution in [3.05, 3.63) is 17.7 Å². The van der Waals surface area contributed by atoms with Crippen LogP contribution in [0.25, 0.3) is 0 Å². The summed E-state index contributed by atoms with van der Waals surface area (Å²) in [5.41, 5.74) is 0.659. The number of fused-ring (bicyclic) bond motifs is 1. The third-order valence-electron chi connectivity index (χ3n) is 3.88. The van der Waals surface area contributed by atoms with Gasteiger partial charge in [0.25, 0.3) is 5.91 Å². The Morgan fingerprint density at radius 3 is 3.00 bits per heavy atom. The molecule has 0 spiro atoms. The second kappa shape index (κ2) is 5.98. The highest BCUT2D eigenvalue weighted by Gasteiger charge is 2.30. The molecule has 1 saturated heterocycles. The quantitative estimate of drug-likeness (QED) is 0.801. The summed E-state index contributed by atoms with van der Waals surface area (Å²) in [7, 11) is -3.24. The van der Waals surface area contributed by atoms with E-state index in [0.717, 1.165) is 24.9 Å². The summed E-state index contributed by atoms with van der Waals surface area (Å²) in [6.45, 7) is 2.55. The van der Waals surface area contributed by atoms with Crippen LogP contribution >= 0.6 is 0 Å². The fraction of sp³-hybridized carbons (Fsp3) is 0.692. The van der Waals surface area contributed by atoms with Crippen molar-refractivity contribution >= 4 is 15.9 Å². The normalized spacial score (nSPS) is 21.9. The first kappa shape index (κ1) is 15.4. The molecule has 0 bridgehead atoms. The van der Waals surface area contributed by atoms with E-state index in [4.69, 9.17) is 4.74 Å². The van der Waals surface area contributed by atoms with Gasteiger partial charge in [-0.3, -0.25) is 4.79 Å². The van der Waals surface area contributed by atoms with Gasteiger partial charge in [-0.2, -0.15) is 0 Å². The van der Waals surface area contributed by atoms with Crippen molar-refractivity contribution in [3.8, 4) is 0 Å². The van der Waals surface area contributed by atoms with Gasteiger partial charge in [0, 0.05) is 25.9 Å². The molecule has 0 unspecified atom stereocenters. The maximum absolute atomic E-state index is 12.3. The number of nitrogens with one attached hydrogen (secondary N) is 1. The van der Waals surface area contributed by atoms with E-state index in [9.17, 15) is 13.2 Å². The topological polar surface area (TPSA) is 93.5 Å². The summed E-state index contributed by atoms with van der Waals surface area (Å²) < 4.78 is 32.1. The molecule has 1 fully saturated rings. The Kier molecular flexibility index (Phi) is 4.20. The fourth-order valence-corrected chi connectivity index (χ4v) is 3.18. The van der Waals surface area contributed by atoms with E-state index < -0.39 is 10.0 Å². The van der Waals surface area contributed by atoms with Crippen LogP contribution in [0.2, 0.25) is 0 Å². The lowest BCUT2D eigenvalue weighted by atomic mass is 10.2. The maximum Gasteiger partial charge on any atom is 0.252 e. The van der Waals surface area contributed by atoms with Crippen molar-refractivity contribution in [2.24, 2.45) is 0 Å². The Balaban J connectivity index is 1.65. The summed E-state index contributed by atoms with van der Waals surface area (Å²) in [6, 6.07) is 0. The van der Waals surface area contributed by atoms with E-state index in [1.54, 1.807) is 4.90 Å². The standard InChI is InChI=1S/C13H20N4O4S/c1-22(19,20)14-7-10-8-16-4-5-17(9-12(16)15-10)13(18)11-3-2-6-21-11/h8,11,14H,2-7,9H2,1H3/t11-/m0/s1. The molecule has 122 valence electrons. The van der Waals surface area contributed by atoms with E-state index in [2.05, 4.69) is 9.71 Å². The zero-order valence-electron chi connectivity index (χ0n) is 12.5. The number of rotatable bonds is 4. The Morgan fingerprint density at radius 2 is 2.32 bits per heavy atom. The first-order chi connectivity index (χ1) is 10.4. The Hall–Kier alpha value is -1.45. The minimum Gasteiger partial charge on any atom is -0.368 e. The number of hydrogen-bond acceptors (Lipinski definition) is 5. The van der Waals surface area contributed by atoms with Crippen molar-refractivity contribution in [2.75, 3.05) is 19.4 Å². The lowest BCUT2D eigenvalue weighted by molar-refractivity contribution is -0.142. The Labute approximate surface area is 129 Å². The molecule has 0 radical (unpaired) electrons. The average Bonchev–Trinajstić information content (AvgIpc) is 3.11. The van der Waals surface area contributed by atoms with Crippen molar-refractivity contribution in [1.82, 2.24) is 19.2 Å². The molecule has 3 heterocycles. The minimum atomic E-state index is -3.24. The van der Waals surface area contributed by atoms with Gasteiger partial charge in [-0.05, 0) is 12.8 Å². The van der Waals surface area contributed by atoms with E-state index in [1.807, 2.05) is 10.8 Å². The van der Waals surface area contributed by atoms with Crippen LogP contribution in [0.3, 0.4) is 0 Å². The van der Waals surface area contributed by atoms with Crippen molar-refractivity contribution in [2.45, 2.75) is 38.6 Å². The zero-order chi connectivity index (χ0) is 15.7. The number of imidazole rings is 1. The molecule has 0 aliphatic carbocycles. The van der Waals surface area contributed by atoms with Gasteiger partial charge >= 0.3 is 0 Å². The van der Waals surface area contributed by atoms with E-state index in [1.165, 1.54) is 0 Å². The molecular formula is C13H20N4O4S. The van der Waals surface area contributed by atoms with Crippen LogP contribution in [0.5, 0.6) is 0 Å². The number of sulfonamides is 1. The molecule has 0 saturated carbocycles. The molecule has 1 N–H and O–H groups in total. The van der Waals surface area contributed by atoms with Gasteiger partial charge in [0.2, 0.25) is 10.0 Å². The lowest BCUT2D eigenvalue weighted by Gasteiger charge is -2.29. The van der Waals surface area contributed by atoms with E-state index in [-0.39, 0.29) is 18.6 Å². The summed E-state index contributed by atoms with van der Waals surface area (Å²) in [5, 5.41) is 0. The van der Waals surface area contributed by atoms with Gasteiger partial charge in [-0.25, -0.2) is 18.1 Å². The van der Waals surface area contributed by atoms with E-state index >= 15 is 0 Å². The highest BCUT2D eigenvalue weighted by atomic mass is 32.2. The Bertz CT molecular complexity index is 664. The van der Waals surface area contributed by atoms with Crippen LogP contribution in [0, 0.1) is 0 Å². The molecule has 9 heteroatoms. The van der Waals surface area contributed by atoms with Crippen molar-refractivity contribution in [1.29, 1.82) is 0 Å². The number of ether oxygens (including phenoxy) is 1. The molecule has 1 amide bonds. The van der Waals surface area contributed by atoms with Gasteiger partial charge in [-0.1, -0.05) is 0 Å². The first-order valence-corrected chi connectivity index (χ1v) is 9.21. The molecule has 1 aromatic heterocycles. The molecule has 8 nitrogen and oxygen atoms in total. The monoisotopic (exact) mass is 328 g/mol. The third kappa shape index (κ3) is 3.47. The maximum atomic E-state index is 12.3. The number of hydrogen-bond donors (Lipinski definition) is 1. The SMILES string of the molecule is CS(=O)(=O)NCc1cn2c(n1)CN(C(=O)[C@@H]1CCCO1)CC2. The van der Waals surface area contributed by atoms with Gasteiger partial charge in [0.05, 0.1) is 25.0 Å². The molecule has 2 aliphatic rings. The Morgan fingerprint density at radius 1 is 1.50 bits per heavy atom. The minimum absolute atomic E-state index is 0.0301. The first-order valence-electron chi connectivity index (χ1n) is 7.32. The summed E-state index contributed by atoms with van der Waals surface area (Å²) in [5.74, 6) is 0.811. The van der Waals surface area contributed by atoms with E-state index in [0.29, 0.717) is 31.9 Å². The van der Waals surface area contributed by atoms with Gasteiger partial charge in [0.1, 0.15) is 11.9 Å². The number of aromatic nitrogens is 2. The highest BCUT2D eigenvalue weighted by molar-refractivity contribution is 7.88. The van der Waals surface area contributed by atoms with Gasteiger partial charge < -0.3 is 14.2 Å². The van der Waals surface area contributed by atoms with Crippen LogP contribution in [-0.4, -0.2) is 54.3 Å². The summed E-state index contributed by atoms with van der Waals surface area (Å²) in [6.07, 6.45) is 4.35. The second-order valence-corrected chi connectivity index (χ2v) is 7.53. The van der Waals surface area contributed by atoms with Crippen LogP contribution in [0.4, 0.5) is 0 Å². The predicted molar refractivity (Wildman–Crippen MR) is 78.3 cm³/mol. The number of carbonyl (C=O) groups is 1. The van der Waals surface area contributed by atoms with Crippen LogP contribution in [-0.2, 0) is 39.2 Å². The molecule has 1 atom stereocenters. The van der Waals surface area contributed by atoms with Gasteiger partial charge in [-0.15, -0.1) is 0 Å². The van der Waals surface area contributed by atoms with Crippen molar-refractivity contribution < 1.29 is 17.9 Å². The third-order valence-corrected chi connectivity index (χ3v) is 4.55.